The molecule has 1 heterocycles. The van der Waals surface area contributed by atoms with E-state index in [9.17, 15) is 5.11 Å². The Bertz CT molecular complexity index is 443. The zero-order chi connectivity index (χ0) is 17.8. The van der Waals surface area contributed by atoms with Gasteiger partial charge in [0.15, 0.2) is 5.96 Å². The lowest BCUT2D eigenvalue weighted by Gasteiger charge is -2.20. The first-order chi connectivity index (χ1) is 11.5. The van der Waals surface area contributed by atoms with E-state index in [0.717, 1.165) is 50.5 Å². The van der Waals surface area contributed by atoms with Gasteiger partial charge in [-0.15, -0.1) is 0 Å². The maximum absolute atomic E-state index is 9.26. The molecule has 0 saturated carbocycles. The molecule has 1 aromatic heterocycles. The van der Waals surface area contributed by atoms with Crippen molar-refractivity contribution in [1.29, 1.82) is 0 Å². The van der Waals surface area contributed by atoms with Crippen LogP contribution in [0.3, 0.4) is 0 Å². The van der Waals surface area contributed by atoms with Gasteiger partial charge in [0, 0.05) is 32.2 Å². The monoisotopic (exact) mass is 337 g/mol. The second-order valence-electron chi connectivity index (χ2n) is 6.91. The molecule has 0 aliphatic carbocycles. The molecule has 24 heavy (non-hydrogen) atoms. The molecule has 0 radical (unpaired) electrons. The van der Waals surface area contributed by atoms with Gasteiger partial charge < -0.3 is 20.2 Å². The second-order valence-corrected chi connectivity index (χ2v) is 6.91. The van der Waals surface area contributed by atoms with Gasteiger partial charge in [-0.05, 0) is 50.2 Å². The van der Waals surface area contributed by atoms with Crippen molar-refractivity contribution in [2.45, 2.75) is 59.4 Å². The van der Waals surface area contributed by atoms with Crippen LogP contribution in [0.25, 0.3) is 0 Å². The Morgan fingerprint density at radius 2 is 2.12 bits per heavy atom. The van der Waals surface area contributed by atoms with E-state index in [-0.39, 0.29) is 6.61 Å². The van der Waals surface area contributed by atoms with Crippen molar-refractivity contribution in [3.05, 3.63) is 24.2 Å². The first-order valence-electron chi connectivity index (χ1n) is 9.23. The Labute approximate surface area is 146 Å². The average Bonchev–Trinajstić information content (AvgIpc) is 3.05. The van der Waals surface area contributed by atoms with Crippen molar-refractivity contribution in [3.63, 3.8) is 0 Å². The van der Waals surface area contributed by atoms with Crippen LogP contribution in [0.1, 0.15) is 52.7 Å². The van der Waals surface area contributed by atoms with E-state index in [4.69, 9.17) is 9.41 Å². The molecule has 2 unspecified atom stereocenters. The molecule has 5 nitrogen and oxygen atoms in total. The third kappa shape index (κ3) is 8.96. The molecule has 2 atom stereocenters. The van der Waals surface area contributed by atoms with Crippen LogP contribution in [-0.2, 0) is 6.42 Å². The first-order valence-corrected chi connectivity index (χ1v) is 9.23. The fourth-order valence-corrected chi connectivity index (χ4v) is 2.60. The van der Waals surface area contributed by atoms with Gasteiger partial charge in [0.1, 0.15) is 5.76 Å². The highest BCUT2D eigenvalue weighted by Crippen LogP contribution is 2.15. The van der Waals surface area contributed by atoms with E-state index in [1.165, 1.54) is 0 Å². The third-order valence-corrected chi connectivity index (χ3v) is 4.09. The highest BCUT2D eigenvalue weighted by Gasteiger charge is 2.11. The predicted molar refractivity (Wildman–Crippen MR) is 100 cm³/mol. The standard InChI is InChI=1S/C19H35N3O2/c1-5-16(4)22-19(20-10-8-18-7-6-12-24-18)21-14-17(9-11-23)13-15(2)3/h6-7,12,15-17,23H,5,8-11,13-14H2,1-4H3,(H2,20,21,22). The minimum absolute atomic E-state index is 0.229. The number of hydrogen-bond acceptors (Lipinski definition) is 3. The van der Waals surface area contributed by atoms with Crippen LogP contribution in [0.4, 0.5) is 0 Å². The highest BCUT2D eigenvalue weighted by molar-refractivity contribution is 5.80. The van der Waals surface area contributed by atoms with Crippen molar-refractivity contribution in [3.8, 4) is 0 Å². The Kier molecular flexibility index (Phi) is 10.2. The van der Waals surface area contributed by atoms with Gasteiger partial charge in [-0.1, -0.05) is 20.8 Å². The summed E-state index contributed by atoms with van der Waals surface area (Å²) in [7, 11) is 0. The summed E-state index contributed by atoms with van der Waals surface area (Å²) in [6, 6.07) is 4.27. The molecule has 1 rings (SSSR count). The van der Waals surface area contributed by atoms with Crippen LogP contribution in [0.5, 0.6) is 0 Å². The van der Waals surface area contributed by atoms with Crippen LogP contribution in [0, 0.1) is 11.8 Å². The fourth-order valence-electron chi connectivity index (χ4n) is 2.60. The Hall–Kier alpha value is -1.49. The number of aliphatic imine (C=N–C) groups is 1. The SMILES string of the molecule is CCC(C)NC(=NCC(CCO)CC(C)C)NCCc1ccco1. The largest absolute Gasteiger partial charge is 0.469 e. The summed E-state index contributed by atoms with van der Waals surface area (Å²) < 4.78 is 5.36. The summed E-state index contributed by atoms with van der Waals surface area (Å²) in [5, 5.41) is 16.1. The minimum atomic E-state index is 0.229. The second kappa shape index (κ2) is 12.0. The molecule has 0 saturated heterocycles. The lowest BCUT2D eigenvalue weighted by atomic mass is 9.94. The number of rotatable bonds is 11. The number of nitrogens with one attached hydrogen (secondary N) is 2. The Morgan fingerprint density at radius 1 is 1.33 bits per heavy atom. The molecule has 0 bridgehead atoms. The molecule has 0 aromatic carbocycles. The maximum atomic E-state index is 9.26. The number of aliphatic hydroxyl groups is 1. The molecule has 0 amide bonds. The Morgan fingerprint density at radius 3 is 2.71 bits per heavy atom. The lowest BCUT2D eigenvalue weighted by Crippen LogP contribution is -2.43. The van der Waals surface area contributed by atoms with Gasteiger partial charge >= 0.3 is 0 Å². The number of aliphatic hydroxyl groups excluding tert-OH is 1. The van der Waals surface area contributed by atoms with Gasteiger partial charge in [0.25, 0.3) is 0 Å². The summed E-state index contributed by atoms with van der Waals surface area (Å²) >= 11 is 0. The molecular formula is C19H35N3O2. The van der Waals surface area contributed by atoms with Crippen LogP contribution >= 0.6 is 0 Å². The number of furan rings is 1. The van der Waals surface area contributed by atoms with Crippen molar-refractivity contribution in [1.82, 2.24) is 10.6 Å². The van der Waals surface area contributed by atoms with Crippen molar-refractivity contribution < 1.29 is 9.52 Å². The molecular weight excluding hydrogens is 302 g/mol. The Balaban J connectivity index is 2.57. The molecule has 5 heteroatoms. The molecule has 1 aromatic rings. The van der Waals surface area contributed by atoms with E-state index >= 15 is 0 Å². The number of nitrogens with zero attached hydrogens (tertiary/aromatic N) is 1. The summed E-state index contributed by atoms with van der Waals surface area (Å²) in [6.45, 7) is 10.5. The van der Waals surface area contributed by atoms with E-state index in [1.807, 2.05) is 12.1 Å². The van der Waals surface area contributed by atoms with Gasteiger partial charge in [-0.25, -0.2) is 0 Å². The molecule has 3 N–H and O–H groups in total. The van der Waals surface area contributed by atoms with Crippen LogP contribution in [0.2, 0.25) is 0 Å². The van der Waals surface area contributed by atoms with Gasteiger partial charge in [-0.3, -0.25) is 4.99 Å². The van der Waals surface area contributed by atoms with Crippen LogP contribution in [-0.4, -0.2) is 36.8 Å². The van der Waals surface area contributed by atoms with Crippen LogP contribution < -0.4 is 10.6 Å². The van der Waals surface area contributed by atoms with Crippen molar-refractivity contribution in [2.75, 3.05) is 19.7 Å². The quantitative estimate of drug-likeness (QED) is 0.428. The van der Waals surface area contributed by atoms with Crippen molar-refractivity contribution >= 4 is 5.96 Å². The molecule has 0 aliphatic heterocycles. The van der Waals surface area contributed by atoms with Gasteiger partial charge in [0.05, 0.1) is 6.26 Å². The zero-order valence-corrected chi connectivity index (χ0v) is 15.7. The number of guanidine groups is 1. The zero-order valence-electron chi connectivity index (χ0n) is 15.7. The molecule has 0 aliphatic rings. The maximum Gasteiger partial charge on any atom is 0.191 e. The molecule has 0 fully saturated rings. The summed E-state index contributed by atoms with van der Waals surface area (Å²) in [4.78, 5) is 4.76. The van der Waals surface area contributed by atoms with E-state index in [1.54, 1.807) is 6.26 Å². The summed E-state index contributed by atoms with van der Waals surface area (Å²) in [6.07, 6.45) is 5.48. The normalized spacial score (nSPS) is 14.7. The number of hydrogen-bond donors (Lipinski definition) is 3. The fraction of sp³-hybridized carbons (Fsp3) is 0.737. The minimum Gasteiger partial charge on any atom is -0.469 e. The third-order valence-electron chi connectivity index (χ3n) is 4.09. The summed E-state index contributed by atoms with van der Waals surface area (Å²) in [5.41, 5.74) is 0. The average molecular weight is 338 g/mol. The van der Waals surface area contributed by atoms with Gasteiger partial charge in [-0.2, -0.15) is 0 Å². The van der Waals surface area contributed by atoms with Gasteiger partial charge in [0.2, 0.25) is 0 Å². The topological polar surface area (TPSA) is 69.8 Å². The smallest absolute Gasteiger partial charge is 0.191 e. The lowest BCUT2D eigenvalue weighted by molar-refractivity contribution is 0.245. The first kappa shape index (κ1) is 20.6. The molecule has 138 valence electrons. The highest BCUT2D eigenvalue weighted by atomic mass is 16.3. The van der Waals surface area contributed by atoms with Crippen LogP contribution in [0.15, 0.2) is 27.8 Å². The van der Waals surface area contributed by atoms with E-state index in [0.29, 0.717) is 17.9 Å². The van der Waals surface area contributed by atoms with Crippen molar-refractivity contribution in [2.24, 2.45) is 16.8 Å². The molecule has 0 spiro atoms. The van der Waals surface area contributed by atoms with E-state index in [2.05, 4.69) is 38.3 Å². The van der Waals surface area contributed by atoms with E-state index < -0.39 is 0 Å². The summed E-state index contributed by atoms with van der Waals surface area (Å²) in [5.74, 6) is 2.87. The predicted octanol–water partition coefficient (Wildman–Crippen LogP) is 3.20.